The van der Waals surface area contributed by atoms with Crippen LogP contribution in [-0.4, -0.2) is 26.5 Å². The Hall–Kier alpha value is -2.02. The average molecular weight is 317 g/mol. The fourth-order valence-corrected chi connectivity index (χ4v) is 3.76. The van der Waals surface area contributed by atoms with Gasteiger partial charge in [0, 0.05) is 17.7 Å². The lowest BCUT2D eigenvalue weighted by molar-refractivity contribution is 0.233. The van der Waals surface area contributed by atoms with Gasteiger partial charge in [0.25, 0.3) is 0 Å². The lowest BCUT2D eigenvalue weighted by Crippen LogP contribution is -2.40. The van der Waals surface area contributed by atoms with Crippen LogP contribution in [0.1, 0.15) is 36.8 Å². The Kier molecular flexibility index (Phi) is 4.33. The Bertz CT molecular complexity index is 671. The van der Waals surface area contributed by atoms with Crippen molar-refractivity contribution in [2.24, 2.45) is 7.05 Å². The zero-order chi connectivity index (χ0) is 15.5. The summed E-state index contributed by atoms with van der Waals surface area (Å²) in [5.41, 5.74) is 1.19. The SMILES string of the molecule is CC(NC(=O)NC1CCSc2ccccc21)c1nncn1C. The van der Waals surface area contributed by atoms with Gasteiger partial charge >= 0.3 is 6.03 Å². The molecule has 22 heavy (non-hydrogen) atoms. The van der Waals surface area contributed by atoms with E-state index in [0.717, 1.165) is 18.0 Å². The number of hydrogen-bond acceptors (Lipinski definition) is 4. The van der Waals surface area contributed by atoms with Gasteiger partial charge in [0.2, 0.25) is 0 Å². The van der Waals surface area contributed by atoms with Crippen LogP contribution in [0, 0.1) is 0 Å². The zero-order valence-electron chi connectivity index (χ0n) is 12.6. The monoisotopic (exact) mass is 317 g/mol. The minimum Gasteiger partial charge on any atom is -0.331 e. The molecule has 7 heteroatoms. The third kappa shape index (κ3) is 3.09. The first kappa shape index (κ1) is 14.9. The molecule has 0 spiro atoms. The summed E-state index contributed by atoms with van der Waals surface area (Å²) in [6, 6.07) is 7.92. The van der Waals surface area contributed by atoms with E-state index in [2.05, 4.69) is 33.0 Å². The highest BCUT2D eigenvalue weighted by atomic mass is 32.2. The van der Waals surface area contributed by atoms with E-state index in [1.54, 1.807) is 10.9 Å². The van der Waals surface area contributed by atoms with Crippen molar-refractivity contribution in [2.75, 3.05) is 5.75 Å². The predicted molar refractivity (Wildman–Crippen MR) is 85.6 cm³/mol. The second kappa shape index (κ2) is 6.39. The molecular formula is C15H19N5OS. The molecule has 1 aromatic carbocycles. The Morgan fingerprint density at radius 1 is 1.45 bits per heavy atom. The third-order valence-electron chi connectivity index (χ3n) is 3.75. The molecule has 0 radical (unpaired) electrons. The molecule has 2 aromatic rings. The minimum absolute atomic E-state index is 0.0594. The molecule has 6 nitrogen and oxygen atoms in total. The molecule has 0 fully saturated rings. The Morgan fingerprint density at radius 3 is 3.05 bits per heavy atom. The number of fused-ring (bicyclic) bond motifs is 1. The summed E-state index contributed by atoms with van der Waals surface area (Å²) in [7, 11) is 1.86. The zero-order valence-corrected chi connectivity index (χ0v) is 13.4. The van der Waals surface area contributed by atoms with Crippen molar-refractivity contribution in [1.82, 2.24) is 25.4 Å². The van der Waals surface area contributed by atoms with Gasteiger partial charge in [0.05, 0.1) is 12.1 Å². The number of carbonyl (C=O) groups excluding carboxylic acids is 1. The van der Waals surface area contributed by atoms with Crippen LogP contribution in [-0.2, 0) is 7.05 Å². The number of thioether (sulfide) groups is 1. The Morgan fingerprint density at radius 2 is 2.27 bits per heavy atom. The largest absolute Gasteiger partial charge is 0.331 e. The standard InChI is InChI=1S/C15H19N5OS/c1-10(14-19-16-9-20(14)2)17-15(21)18-12-7-8-22-13-6-4-3-5-11(12)13/h3-6,9-10,12H,7-8H2,1-2H3,(H2,17,18,21). The minimum atomic E-state index is -0.194. The van der Waals surface area contributed by atoms with Crippen LogP contribution >= 0.6 is 11.8 Å². The lowest BCUT2D eigenvalue weighted by Gasteiger charge is -2.26. The number of aryl methyl sites for hydroxylation is 1. The highest BCUT2D eigenvalue weighted by Gasteiger charge is 2.23. The van der Waals surface area contributed by atoms with Crippen molar-refractivity contribution in [3.63, 3.8) is 0 Å². The number of nitrogens with one attached hydrogen (secondary N) is 2. The molecule has 0 saturated heterocycles. The molecule has 1 aliphatic rings. The molecule has 2 heterocycles. The normalized spacial score (nSPS) is 18.4. The first-order valence-electron chi connectivity index (χ1n) is 7.28. The van der Waals surface area contributed by atoms with Crippen LogP contribution in [0.15, 0.2) is 35.5 Å². The molecule has 1 aromatic heterocycles. The predicted octanol–water partition coefficient (Wildman–Crippen LogP) is 2.41. The second-order valence-corrected chi connectivity index (χ2v) is 6.50. The van der Waals surface area contributed by atoms with Crippen molar-refractivity contribution >= 4 is 17.8 Å². The number of nitrogens with zero attached hydrogens (tertiary/aromatic N) is 3. The van der Waals surface area contributed by atoms with Gasteiger partial charge in [0.15, 0.2) is 5.82 Å². The number of carbonyl (C=O) groups is 1. The van der Waals surface area contributed by atoms with Gasteiger partial charge in [-0.2, -0.15) is 0 Å². The summed E-state index contributed by atoms with van der Waals surface area (Å²) >= 11 is 1.84. The average Bonchev–Trinajstić information content (AvgIpc) is 2.94. The summed E-state index contributed by atoms with van der Waals surface area (Å²) in [5, 5.41) is 13.8. The molecule has 2 unspecified atom stereocenters. The van der Waals surface area contributed by atoms with Gasteiger partial charge in [0.1, 0.15) is 6.33 Å². The maximum atomic E-state index is 12.3. The quantitative estimate of drug-likeness (QED) is 0.912. The molecular weight excluding hydrogens is 298 g/mol. The number of rotatable bonds is 3. The number of aromatic nitrogens is 3. The molecule has 0 bridgehead atoms. The van der Waals surface area contributed by atoms with E-state index in [1.165, 1.54) is 10.5 Å². The van der Waals surface area contributed by atoms with Crippen LogP contribution in [0.3, 0.4) is 0 Å². The van der Waals surface area contributed by atoms with Crippen LogP contribution in [0.25, 0.3) is 0 Å². The maximum absolute atomic E-state index is 12.3. The molecule has 0 saturated carbocycles. The summed E-state index contributed by atoms with van der Waals surface area (Å²) in [5.74, 6) is 1.75. The highest BCUT2D eigenvalue weighted by molar-refractivity contribution is 7.99. The van der Waals surface area contributed by atoms with Crippen LogP contribution in [0.2, 0.25) is 0 Å². The van der Waals surface area contributed by atoms with Crippen molar-refractivity contribution in [2.45, 2.75) is 30.3 Å². The van der Waals surface area contributed by atoms with Gasteiger partial charge in [-0.25, -0.2) is 4.79 Å². The number of urea groups is 1. The van der Waals surface area contributed by atoms with Gasteiger partial charge in [-0.15, -0.1) is 22.0 Å². The third-order valence-corrected chi connectivity index (χ3v) is 4.87. The molecule has 2 atom stereocenters. The summed E-state index contributed by atoms with van der Waals surface area (Å²) in [6.07, 6.45) is 2.56. The number of amides is 2. The summed E-state index contributed by atoms with van der Waals surface area (Å²) in [6.45, 7) is 1.90. The summed E-state index contributed by atoms with van der Waals surface area (Å²) in [4.78, 5) is 13.5. The smallest absolute Gasteiger partial charge is 0.315 e. The fraction of sp³-hybridized carbons (Fsp3) is 0.400. The first-order valence-corrected chi connectivity index (χ1v) is 8.26. The molecule has 3 rings (SSSR count). The second-order valence-electron chi connectivity index (χ2n) is 5.37. The van der Waals surface area contributed by atoms with E-state index < -0.39 is 0 Å². The van der Waals surface area contributed by atoms with Crippen molar-refractivity contribution < 1.29 is 4.79 Å². The number of benzene rings is 1. The summed E-state index contributed by atoms with van der Waals surface area (Å²) < 4.78 is 1.80. The van der Waals surface area contributed by atoms with Crippen molar-refractivity contribution in [1.29, 1.82) is 0 Å². The topological polar surface area (TPSA) is 71.8 Å². The van der Waals surface area contributed by atoms with Gasteiger partial charge in [-0.1, -0.05) is 18.2 Å². The fourth-order valence-electron chi connectivity index (χ4n) is 2.64. The number of hydrogen-bond donors (Lipinski definition) is 2. The van der Waals surface area contributed by atoms with Gasteiger partial charge in [-0.05, 0) is 25.0 Å². The van der Waals surface area contributed by atoms with Crippen LogP contribution in [0.4, 0.5) is 4.79 Å². The molecule has 2 amide bonds. The molecule has 0 aliphatic carbocycles. The first-order chi connectivity index (χ1) is 10.6. The van der Waals surface area contributed by atoms with Crippen LogP contribution < -0.4 is 10.6 Å². The lowest BCUT2D eigenvalue weighted by atomic mass is 10.0. The Balaban J connectivity index is 1.64. The van der Waals surface area contributed by atoms with E-state index in [1.807, 2.05) is 37.9 Å². The molecule has 116 valence electrons. The van der Waals surface area contributed by atoms with Gasteiger partial charge in [-0.3, -0.25) is 0 Å². The van der Waals surface area contributed by atoms with E-state index >= 15 is 0 Å². The van der Waals surface area contributed by atoms with Crippen molar-refractivity contribution in [3.05, 3.63) is 42.0 Å². The Labute approximate surface area is 133 Å². The molecule has 2 N–H and O–H groups in total. The van der Waals surface area contributed by atoms with E-state index in [-0.39, 0.29) is 18.1 Å². The maximum Gasteiger partial charge on any atom is 0.315 e. The van der Waals surface area contributed by atoms with Crippen molar-refractivity contribution in [3.8, 4) is 0 Å². The van der Waals surface area contributed by atoms with Crippen LogP contribution in [0.5, 0.6) is 0 Å². The van der Waals surface area contributed by atoms with E-state index in [9.17, 15) is 4.79 Å². The van der Waals surface area contributed by atoms with E-state index in [0.29, 0.717) is 0 Å². The highest BCUT2D eigenvalue weighted by Crippen LogP contribution is 2.35. The van der Waals surface area contributed by atoms with E-state index in [4.69, 9.17) is 0 Å². The molecule has 1 aliphatic heterocycles. The van der Waals surface area contributed by atoms with Gasteiger partial charge < -0.3 is 15.2 Å².